The minimum absolute atomic E-state index is 0.0641. The van der Waals surface area contributed by atoms with Crippen molar-refractivity contribution in [2.24, 2.45) is 22.7 Å². The van der Waals surface area contributed by atoms with Crippen molar-refractivity contribution in [1.82, 2.24) is 0 Å². The number of aliphatic hydroxyl groups is 1. The number of esters is 1. The number of hydrogen-bond donors (Lipinski definition) is 2. The Kier molecular flexibility index (Phi) is 4.56. The maximum absolute atomic E-state index is 12.3. The molecule has 138 valence electrons. The Bertz CT molecular complexity index is 648. The molecule has 3 rings (SSSR count). The van der Waals surface area contributed by atoms with Gasteiger partial charge in [0.15, 0.2) is 0 Å². The molecular formula is C20H28O5. The van der Waals surface area contributed by atoms with Gasteiger partial charge >= 0.3 is 11.9 Å². The lowest BCUT2D eigenvalue weighted by Gasteiger charge is -2.57. The highest BCUT2D eigenvalue weighted by Gasteiger charge is 2.59. The van der Waals surface area contributed by atoms with Crippen LogP contribution in [-0.2, 0) is 14.3 Å². The first-order chi connectivity index (χ1) is 11.7. The van der Waals surface area contributed by atoms with E-state index < -0.39 is 23.6 Å². The summed E-state index contributed by atoms with van der Waals surface area (Å²) in [7, 11) is 0. The summed E-state index contributed by atoms with van der Waals surface area (Å²) in [5, 5.41) is 19.6. The number of allylic oxidation sites excluding steroid dienone is 1. The molecule has 5 heteroatoms. The van der Waals surface area contributed by atoms with Crippen molar-refractivity contribution in [1.29, 1.82) is 0 Å². The zero-order valence-electron chi connectivity index (χ0n) is 15.2. The Morgan fingerprint density at radius 3 is 2.72 bits per heavy atom. The Morgan fingerprint density at radius 1 is 1.40 bits per heavy atom. The van der Waals surface area contributed by atoms with Gasteiger partial charge in [0.25, 0.3) is 0 Å². The quantitative estimate of drug-likeness (QED) is 0.601. The highest BCUT2D eigenvalue weighted by atomic mass is 16.6. The summed E-state index contributed by atoms with van der Waals surface area (Å²) in [6.45, 7) is 6.36. The molecule has 1 aliphatic heterocycles. The lowest BCUT2D eigenvalue weighted by molar-refractivity contribution is -0.162. The predicted octanol–water partition coefficient (Wildman–Crippen LogP) is 3.43. The number of cyclic esters (lactones) is 1. The van der Waals surface area contributed by atoms with Crippen LogP contribution in [0.1, 0.15) is 59.3 Å². The molecule has 5 atom stereocenters. The standard InChI is InChI=1S/C20H28O5/c1-12-7-10-20(18(23)24)13(2)5-4-6-15(20)19(12,3)9-8-14-11-16(21)25-17(14)22/h5,11-12,15-16,21H,4,6-10H2,1-3H3,(H,23,24)/t12-,15-,16?,19+,20-/m1/s1. The smallest absolute Gasteiger partial charge is 0.336 e. The number of fused-ring (bicyclic) bond motifs is 1. The number of hydrogen-bond acceptors (Lipinski definition) is 4. The van der Waals surface area contributed by atoms with Gasteiger partial charge in [0.05, 0.1) is 5.41 Å². The summed E-state index contributed by atoms with van der Waals surface area (Å²) in [5.41, 5.74) is 0.560. The zero-order chi connectivity index (χ0) is 18.4. The van der Waals surface area contributed by atoms with E-state index >= 15 is 0 Å². The van der Waals surface area contributed by atoms with E-state index in [1.54, 1.807) is 0 Å². The molecule has 1 heterocycles. The zero-order valence-corrected chi connectivity index (χ0v) is 15.2. The van der Waals surface area contributed by atoms with Gasteiger partial charge in [-0.15, -0.1) is 0 Å². The van der Waals surface area contributed by atoms with Crippen molar-refractivity contribution in [3.8, 4) is 0 Å². The molecule has 0 aromatic carbocycles. The number of carboxylic acids is 1. The van der Waals surface area contributed by atoms with Gasteiger partial charge in [-0.3, -0.25) is 4.79 Å². The number of carbonyl (C=O) groups excluding carboxylic acids is 1. The van der Waals surface area contributed by atoms with Crippen LogP contribution in [-0.4, -0.2) is 28.4 Å². The molecule has 1 fully saturated rings. The average molecular weight is 348 g/mol. The number of carbonyl (C=O) groups is 2. The molecule has 2 N–H and O–H groups in total. The minimum Gasteiger partial charge on any atom is -0.481 e. The summed E-state index contributed by atoms with van der Waals surface area (Å²) in [4.78, 5) is 24.1. The second-order valence-electron chi connectivity index (χ2n) is 8.23. The van der Waals surface area contributed by atoms with Crippen LogP contribution in [0.25, 0.3) is 0 Å². The first kappa shape index (κ1) is 18.2. The maximum Gasteiger partial charge on any atom is 0.336 e. The fourth-order valence-corrected chi connectivity index (χ4v) is 5.45. The summed E-state index contributed by atoms with van der Waals surface area (Å²) >= 11 is 0. The van der Waals surface area contributed by atoms with Gasteiger partial charge in [-0.05, 0) is 68.8 Å². The van der Waals surface area contributed by atoms with Gasteiger partial charge in [0, 0.05) is 5.57 Å². The van der Waals surface area contributed by atoms with Crippen LogP contribution in [0.4, 0.5) is 0 Å². The third kappa shape index (κ3) is 2.73. The number of ether oxygens (including phenoxy) is 1. The van der Waals surface area contributed by atoms with Crippen LogP contribution < -0.4 is 0 Å². The Labute approximate surface area is 148 Å². The lowest BCUT2D eigenvalue weighted by atomic mass is 9.46. The van der Waals surface area contributed by atoms with Crippen molar-refractivity contribution in [3.05, 3.63) is 23.3 Å². The summed E-state index contributed by atoms with van der Waals surface area (Å²) < 4.78 is 4.78. The normalized spacial score (nSPS) is 40.8. The summed E-state index contributed by atoms with van der Waals surface area (Å²) in [5.74, 6) is -0.712. The molecular weight excluding hydrogens is 320 g/mol. The minimum atomic E-state index is -1.14. The monoisotopic (exact) mass is 348 g/mol. The highest BCUT2D eigenvalue weighted by Crippen LogP contribution is 2.62. The Hall–Kier alpha value is -1.62. The predicted molar refractivity (Wildman–Crippen MR) is 92.5 cm³/mol. The Morgan fingerprint density at radius 2 is 2.12 bits per heavy atom. The topological polar surface area (TPSA) is 83.8 Å². The fraction of sp³-hybridized carbons (Fsp3) is 0.700. The average Bonchev–Trinajstić information content (AvgIpc) is 2.87. The Balaban J connectivity index is 1.90. The number of aliphatic hydroxyl groups excluding tert-OH is 1. The van der Waals surface area contributed by atoms with Gasteiger partial charge in [-0.25, -0.2) is 4.79 Å². The summed E-state index contributed by atoms with van der Waals surface area (Å²) in [6, 6.07) is 0. The third-order valence-corrected chi connectivity index (χ3v) is 7.25. The van der Waals surface area contributed by atoms with E-state index in [4.69, 9.17) is 4.74 Å². The van der Waals surface area contributed by atoms with Crippen LogP contribution in [0.3, 0.4) is 0 Å². The van der Waals surface area contributed by atoms with Crippen LogP contribution in [0.5, 0.6) is 0 Å². The van der Waals surface area contributed by atoms with Crippen LogP contribution >= 0.6 is 0 Å². The second-order valence-corrected chi connectivity index (χ2v) is 8.23. The summed E-state index contributed by atoms with van der Waals surface area (Å²) in [6.07, 6.45) is 7.02. The fourth-order valence-electron chi connectivity index (χ4n) is 5.45. The van der Waals surface area contributed by atoms with Crippen LogP contribution in [0.15, 0.2) is 23.3 Å². The lowest BCUT2D eigenvalue weighted by Crippen LogP contribution is -2.54. The van der Waals surface area contributed by atoms with Gasteiger partial charge < -0.3 is 14.9 Å². The number of rotatable bonds is 4. The van der Waals surface area contributed by atoms with Crippen molar-refractivity contribution in [2.75, 3.05) is 0 Å². The first-order valence-electron chi connectivity index (χ1n) is 9.22. The van der Waals surface area contributed by atoms with Crippen LogP contribution in [0, 0.1) is 22.7 Å². The van der Waals surface area contributed by atoms with Crippen molar-refractivity contribution in [2.45, 2.75) is 65.6 Å². The van der Waals surface area contributed by atoms with Crippen molar-refractivity contribution in [3.63, 3.8) is 0 Å². The first-order valence-corrected chi connectivity index (χ1v) is 9.22. The van der Waals surface area contributed by atoms with Gasteiger partial charge in [-0.2, -0.15) is 0 Å². The largest absolute Gasteiger partial charge is 0.481 e. The van der Waals surface area contributed by atoms with E-state index in [9.17, 15) is 19.8 Å². The molecule has 25 heavy (non-hydrogen) atoms. The van der Waals surface area contributed by atoms with Crippen LogP contribution in [0.2, 0.25) is 0 Å². The second kappa shape index (κ2) is 6.27. The molecule has 0 saturated heterocycles. The molecule has 1 unspecified atom stereocenters. The molecule has 0 aromatic rings. The maximum atomic E-state index is 12.3. The molecule has 5 nitrogen and oxygen atoms in total. The molecule has 3 aliphatic rings. The molecule has 0 radical (unpaired) electrons. The number of carboxylic acid groups (broad SMARTS) is 1. The van der Waals surface area contributed by atoms with E-state index in [1.807, 2.05) is 6.92 Å². The molecule has 0 amide bonds. The van der Waals surface area contributed by atoms with E-state index in [1.165, 1.54) is 6.08 Å². The number of aliphatic carboxylic acids is 1. The third-order valence-electron chi connectivity index (χ3n) is 7.25. The van der Waals surface area contributed by atoms with E-state index in [0.717, 1.165) is 31.3 Å². The molecule has 0 bridgehead atoms. The van der Waals surface area contributed by atoms with E-state index in [-0.39, 0.29) is 11.3 Å². The van der Waals surface area contributed by atoms with Gasteiger partial charge in [0.1, 0.15) is 0 Å². The van der Waals surface area contributed by atoms with Crippen molar-refractivity contribution >= 4 is 11.9 Å². The van der Waals surface area contributed by atoms with E-state index in [2.05, 4.69) is 19.9 Å². The van der Waals surface area contributed by atoms with E-state index in [0.29, 0.717) is 24.3 Å². The SMILES string of the molecule is CC1=CCC[C@H]2[C@@]1(C(=O)O)CC[C@@H](C)[C@]2(C)CCC1=CC(O)OC1=O. The molecule has 2 aliphatic carbocycles. The highest BCUT2D eigenvalue weighted by molar-refractivity contribution is 5.90. The molecule has 0 aromatic heterocycles. The van der Waals surface area contributed by atoms with Crippen molar-refractivity contribution < 1.29 is 24.5 Å². The van der Waals surface area contributed by atoms with Gasteiger partial charge in [-0.1, -0.05) is 25.5 Å². The van der Waals surface area contributed by atoms with Gasteiger partial charge in [0.2, 0.25) is 6.29 Å². The molecule has 0 spiro atoms. The molecule has 1 saturated carbocycles.